The normalized spacial score (nSPS) is 15.3. The number of benzene rings is 4. The van der Waals surface area contributed by atoms with Crippen LogP contribution in [-0.2, 0) is 4.79 Å². The molecule has 0 spiro atoms. The number of phenolic OH excluding ortho intramolecular Hbond substituents is 1. The number of rotatable bonds is 6. The van der Waals surface area contributed by atoms with E-state index in [4.69, 9.17) is 0 Å². The van der Waals surface area contributed by atoms with Gasteiger partial charge in [-0.1, -0.05) is 66.2 Å². The molecule has 1 aliphatic rings. The molecule has 178 valence electrons. The summed E-state index contributed by atoms with van der Waals surface area (Å²) in [5.74, 6) is -1.36. The molecule has 0 aliphatic carbocycles. The molecule has 0 bridgehead atoms. The minimum Gasteiger partial charge on any atom is -0.508 e. The van der Waals surface area contributed by atoms with Gasteiger partial charge in [-0.15, -0.1) is 0 Å². The predicted octanol–water partition coefficient (Wildman–Crippen LogP) is 6.18. The highest BCUT2D eigenvalue weighted by atomic mass is 19.1. The zero-order chi connectivity index (χ0) is 25.2. The topological polar surface area (TPSA) is 69.6 Å². The molecule has 2 N–H and O–H groups in total. The van der Waals surface area contributed by atoms with Crippen molar-refractivity contribution in [2.75, 3.05) is 10.2 Å². The zero-order valence-electron chi connectivity index (χ0n) is 19.5. The SMILES string of the molecule is Cc1ccc(C(=O)C2=C(Nc3ccccc3)C(=O)N(c3ccc(O)cc3)C2c2ccccc2F)cc1. The van der Waals surface area contributed by atoms with Gasteiger partial charge in [0, 0.05) is 22.5 Å². The Bertz CT molecular complexity index is 1460. The molecule has 1 heterocycles. The van der Waals surface area contributed by atoms with Crippen LogP contribution in [0.3, 0.4) is 0 Å². The summed E-state index contributed by atoms with van der Waals surface area (Å²) in [6.07, 6.45) is 0. The van der Waals surface area contributed by atoms with E-state index < -0.39 is 17.8 Å². The second-order valence-corrected chi connectivity index (χ2v) is 8.59. The van der Waals surface area contributed by atoms with E-state index >= 15 is 4.39 Å². The molecule has 36 heavy (non-hydrogen) atoms. The van der Waals surface area contributed by atoms with Gasteiger partial charge in [-0.25, -0.2) is 4.39 Å². The standard InChI is InChI=1S/C30H23FN2O3/c1-19-11-13-20(14-12-19)29(35)26-27(32-21-7-3-2-4-8-21)30(36)33(22-15-17-23(34)18-16-22)28(26)24-9-5-6-10-25(24)31/h2-18,28,32,34H,1H3. The maximum absolute atomic E-state index is 15.2. The zero-order valence-corrected chi connectivity index (χ0v) is 19.5. The molecule has 0 saturated heterocycles. The fourth-order valence-electron chi connectivity index (χ4n) is 4.37. The summed E-state index contributed by atoms with van der Waals surface area (Å²) in [7, 11) is 0. The molecule has 0 saturated carbocycles. The molecule has 4 aromatic rings. The van der Waals surface area contributed by atoms with E-state index in [0.717, 1.165) is 5.56 Å². The first kappa shape index (κ1) is 23.1. The molecular formula is C30H23FN2O3. The van der Waals surface area contributed by atoms with Gasteiger partial charge in [-0.3, -0.25) is 14.5 Å². The van der Waals surface area contributed by atoms with Gasteiger partial charge in [0.1, 0.15) is 17.3 Å². The highest BCUT2D eigenvalue weighted by Crippen LogP contribution is 2.43. The summed E-state index contributed by atoms with van der Waals surface area (Å²) < 4.78 is 15.2. The van der Waals surface area contributed by atoms with Crippen molar-refractivity contribution in [3.63, 3.8) is 0 Å². The second-order valence-electron chi connectivity index (χ2n) is 8.59. The first-order valence-electron chi connectivity index (χ1n) is 11.5. The summed E-state index contributed by atoms with van der Waals surface area (Å²) >= 11 is 0. The van der Waals surface area contributed by atoms with Crippen molar-refractivity contribution in [3.8, 4) is 5.75 Å². The largest absolute Gasteiger partial charge is 0.508 e. The van der Waals surface area contributed by atoms with Gasteiger partial charge in [0.25, 0.3) is 5.91 Å². The molecule has 1 aliphatic heterocycles. The fourth-order valence-corrected chi connectivity index (χ4v) is 4.37. The molecule has 0 radical (unpaired) electrons. The molecule has 6 heteroatoms. The van der Waals surface area contributed by atoms with Crippen molar-refractivity contribution in [2.24, 2.45) is 0 Å². The minimum atomic E-state index is -1.02. The first-order valence-corrected chi connectivity index (χ1v) is 11.5. The number of carbonyl (C=O) groups excluding carboxylic acids is 2. The number of hydrogen-bond acceptors (Lipinski definition) is 4. The lowest BCUT2D eigenvalue weighted by Gasteiger charge is -2.27. The fraction of sp³-hybridized carbons (Fsp3) is 0.0667. The number of aromatic hydroxyl groups is 1. The van der Waals surface area contributed by atoms with Crippen molar-refractivity contribution in [2.45, 2.75) is 13.0 Å². The molecule has 0 fully saturated rings. The summed E-state index contributed by atoms with van der Waals surface area (Å²) in [6, 6.07) is 27.3. The van der Waals surface area contributed by atoms with Crippen LogP contribution < -0.4 is 10.2 Å². The lowest BCUT2D eigenvalue weighted by molar-refractivity contribution is -0.114. The van der Waals surface area contributed by atoms with Gasteiger partial charge in [0.05, 0.1) is 11.6 Å². The number of anilines is 2. The smallest absolute Gasteiger partial charge is 0.276 e. The molecular weight excluding hydrogens is 455 g/mol. The van der Waals surface area contributed by atoms with E-state index in [1.807, 2.05) is 37.3 Å². The number of phenols is 1. The van der Waals surface area contributed by atoms with Crippen molar-refractivity contribution in [3.05, 3.63) is 137 Å². The van der Waals surface area contributed by atoms with Crippen LogP contribution in [0.1, 0.15) is 27.5 Å². The van der Waals surface area contributed by atoms with Crippen LogP contribution in [0.2, 0.25) is 0 Å². The molecule has 5 rings (SSSR count). The van der Waals surface area contributed by atoms with E-state index in [1.54, 1.807) is 54.6 Å². The monoisotopic (exact) mass is 478 g/mol. The Morgan fingerprint density at radius 1 is 0.861 bits per heavy atom. The van der Waals surface area contributed by atoms with Crippen LogP contribution in [-0.4, -0.2) is 16.8 Å². The Morgan fingerprint density at radius 2 is 1.50 bits per heavy atom. The minimum absolute atomic E-state index is 0.0272. The lowest BCUT2D eigenvalue weighted by atomic mass is 9.91. The molecule has 0 aromatic heterocycles. The van der Waals surface area contributed by atoms with Crippen LogP contribution >= 0.6 is 0 Å². The Labute approximate surface area is 208 Å². The van der Waals surface area contributed by atoms with Gasteiger partial charge in [-0.2, -0.15) is 0 Å². The third-order valence-corrected chi connectivity index (χ3v) is 6.16. The van der Waals surface area contributed by atoms with E-state index in [9.17, 15) is 14.7 Å². The van der Waals surface area contributed by atoms with Gasteiger partial charge in [0.15, 0.2) is 5.78 Å². The highest BCUT2D eigenvalue weighted by molar-refractivity contribution is 6.23. The molecule has 1 amide bonds. The highest BCUT2D eigenvalue weighted by Gasteiger charge is 2.45. The van der Waals surface area contributed by atoms with E-state index in [1.165, 1.54) is 23.1 Å². The number of halogens is 1. The third-order valence-electron chi connectivity index (χ3n) is 6.16. The third kappa shape index (κ3) is 4.25. The van der Waals surface area contributed by atoms with Crippen LogP contribution in [0.25, 0.3) is 0 Å². The number of carbonyl (C=O) groups is 2. The predicted molar refractivity (Wildman–Crippen MR) is 137 cm³/mol. The Morgan fingerprint density at radius 3 is 2.17 bits per heavy atom. The van der Waals surface area contributed by atoms with Crippen molar-refractivity contribution >= 4 is 23.1 Å². The Hall–Kier alpha value is -4.71. The van der Waals surface area contributed by atoms with E-state index in [2.05, 4.69) is 5.32 Å². The Kier molecular flexibility index (Phi) is 6.09. The quantitative estimate of drug-likeness (QED) is 0.325. The number of nitrogens with zero attached hydrogens (tertiary/aromatic N) is 1. The molecule has 4 aromatic carbocycles. The van der Waals surface area contributed by atoms with Gasteiger partial charge in [0.2, 0.25) is 0 Å². The van der Waals surface area contributed by atoms with E-state index in [-0.39, 0.29) is 28.4 Å². The summed E-state index contributed by atoms with van der Waals surface area (Å²) in [5, 5.41) is 12.9. The number of para-hydroxylation sites is 1. The number of amides is 1. The van der Waals surface area contributed by atoms with Crippen molar-refractivity contribution < 1.29 is 19.1 Å². The number of hydrogen-bond donors (Lipinski definition) is 2. The maximum atomic E-state index is 15.2. The summed E-state index contributed by atoms with van der Waals surface area (Å²) in [6.45, 7) is 1.92. The lowest BCUT2D eigenvalue weighted by Crippen LogP contribution is -2.32. The number of Topliss-reactive ketones (excluding diaryl/α,β-unsaturated/α-hetero) is 1. The molecule has 1 unspecified atom stereocenters. The number of ketones is 1. The van der Waals surface area contributed by atoms with Crippen LogP contribution in [0.5, 0.6) is 5.75 Å². The van der Waals surface area contributed by atoms with Crippen LogP contribution in [0, 0.1) is 12.7 Å². The maximum Gasteiger partial charge on any atom is 0.276 e. The number of aryl methyl sites for hydroxylation is 1. The van der Waals surface area contributed by atoms with Crippen LogP contribution in [0.4, 0.5) is 15.8 Å². The first-order chi connectivity index (χ1) is 17.4. The average Bonchev–Trinajstić information content (AvgIpc) is 3.17. The van der Waals surface area contributed by atoms with E-state index in [0.29, 0.717) is 16.9 Å². The van der Waals surface area contributed by atoms with Crippen molar-refractivity contribution in [1.29, 1.82) is 0 Å². The molecule has 5 nitrogen and oxygen atoms in total. The summed E-state index contributed by atoms with van der Waals surface area (Å²) in [5.41, 5.74) is 2.84. The Balaban J connectivity index is 1.74. The van der Waals surface area contributed by atoms with Gasteiger partial charge in [-0.05, 0) is 49.4 Å². The van der Waals surface area contributed by atoms with Gasteiger partial charge >= 0.3 is 0 Å². The van der Waals surface area contributed by atoms with Gasteiger partial charge < -0.3 is 10.4 Å². The second kappa shape index (κ2) is 9.50. The van der Waals surface area contributed by atoms with Crippen molar-refractivity contribution in [1.82, 2.24) is 0 Å². The van der Waals surface area contributed by atoms with Crippen LogP contribution in [0.15, 0.2) is 114 Å². The molecule has 1 atom stereocenters. The summed E-state index contributed by atoms with van der Waals surface area (Å²) in [4.78, 5) is 29.3. The number of nitrogens with one attached hydrogen (secondary N) is 1. The average molecular weight is 479 g/mol.